The van der Waals surface area contributed by atoms with E-state index in [9.17, 15) is 15.0 Å². The number of fused-ring (bicyclic) bond motifs is 7. The van der Waals surface area contributed by atoms with Gasteiger partial charge in [0.15, 0.2) is 0 Å². The second-order valence-corrected chi connectivity index (χ2v) is 14.5. The van der Waals surface area contributed by atoms with Gasteiger partial charge in [0.2, 0.25) is 0 Å². The van der Waals surface area contributed by atoms with E-state index < -0.39 is 11.4 Å². The number of carboxylic acids is 1. The molecule has 0 bridgehead atoms. The average Bonchev–Trinajstić information content (AvgIpc) is 3.13. The molecule has 0 saturated heterocycles. The predicted molar refractivity (Wildman–Crippen MR) is 133 cm³/mol. The topological polar surface area (TPSA) is 57.5 Å². The van der Waals surface area contributed by atoms with Gasteiger partial charge in [-0.1, -0.05) is 46.8 Å². The number of carboxylic acid groups (broad SMARTS) is 1. The standard InChI is InChI=1S/C30H48O3/c1-18(2)19-10-15-30(25(32)33)17-16-28(6)20(24(19)30)8-9-22-27(5)13-12-23(31)26(3,4)21(27)11-14-29(22,28)7/h19-24,31H,1,8-17H2,2-7H3,(H,32,33)/t19-,20-,21-,22-,23+,24+,27-,28+,29+,30-/m0/s1. The smallest absolute Gasteiger partial charge is 0.309 e. The summed E-state index contributed by atoms with van der Waals surface area (Å²) in [4.78, 5) is 12.8. The molecule has 5 rings (SSSR count). The molecule has 3 nitrogen and oxygen atoms in total. The van der Waals surface area contributed by atoms with Crippen LogP contribution in [0.25, 0.3) is 0 Å². The van der Waals surface area contributed by atoms with Crippen molar-refractivity contribution in [1.29, 1.82) is 0 Å². The van der Waals surface area contributed by atoms with Gasteiger partial charge >= 0.3 is 5.97 Å². The highest BCUT2D eigenvalue weighted by Gasteiger charge is 2.71. The van der Waals surface area contributed by atoms with Crippen LogP contribution in [0.1, 0.15) is 106 Å². The number of carbonyl (C=O) groups is 1. The highest BCUT2D eigenvalue weighted by molar-refractivity contribution is 5.76. The lowest BCUT2D eigenvalue weighted by Crippen LogP contribution is -2.67. The first-order chi connectivity index (χ1) is 15.3. The zero-order chi connectivity index (χ0) is 24.2. The Morgan fingerprint density at radius 2 is 1.52 bits per heavy atom. The second-order valence-electron chi connectivity index (χ2n) is 14.5. The van der Waals surface area contributed by atoms with Gasteiger partial charge < -0.3 is 10.2 Å². The fourth-order valence-electron chi connectivity index (χ4n) is 11.5. The van der Waals surface area contributed by atoms with Crippen LogP contribution < -0.4 is 0 Å². The molecule has 5 saturated carbocycles. The molecular formula is C30H48O3. The lowest BCUT2D eigenvalue weighted by molar-refractivity contribution is -0.248. The molecule has 0 amide bonds. The van der Waals surface area contributed by atoms with Gasteiger partial charge in [-0.2, -0.15) is 0 Å². The molecule has 0 aliphatic heterocycles. The van der Waals surface area contributed by atoms with Gasteiger partial charge in [-0.25, -0.2) is 0 Å². The summed E-state index contributed by atoms with van der Waals surface area (Å²) in [5.41, 5.74) is 1.35. The maximum atomic E-state index is 12.8. The Hall–Kier alpha value is -0.830. The maximum Gasteiger partial charge on any atom is 0.309 e. The molecule has 2 N–H and O–H groups in total. The van der Waals surface area contributed by atoms with Crippen molar-refractivity contribution in [2.24, 2.45) is 56.7 Å². The van der Waals surface area contributed by atoms with Gasteiger partial charge in [-0.3, -0.25) is 4.79 Å². The first kappa shape index (κ1) is 23.9. The highest BCUT2D eigenvalue weighted by Crippen LogP contribution is 2.77. The Morgan fingerprint density at radius 1 is 0.818 bits per heavy atom. The Balaban J connectivity index is 1.57. The molecule has 0 aromatic carbocycles. The van der Waals surface area contributed by atoms with Crippen LogP contribution in [0.5, 0.6) is 0 Å². The SMILES string of the molecule is C=C(C)[C@@H]1CC[C@]2(C(=O)O)CC[C@]3(C)[C@@H](CC[C@H]4[C@@]5(C)CC[C@@H](O)C(C)(C)[C@@H]5CC[C@]43C)[C@@H]12. The molecule has 10 atom stereocenters. The van der Waals surface area contributed by atoms with Crippen LogP contribution in [-0.2, 0) is 4.79 Å². The maximum absolute atomic E-state index is 12.8. The van der Waals surface area contributed by atoms with Gasteiger partial charge in [0.25, 0.3) is 0 Å². The molecule has 0 heterocycles. The molecule has 0 radical (unpaired) electrons. The van der Waals surface area contributed by atoms with Crippen LogP contribution in [-0.4, -0.2) is 22.3 Å². The van der Waals surface area contributed by atoms with Crippen LogP contribution in [0, 0.1) is 56.7 Å². The minimum atomic E-state index is -0.538. The van der Waals surface area contributed by atoms with E-state index in [0.29, 0.717) is 23.7 Å². The van der Waals surface area contributed by atoms with Crippen LogP contribution in [0.4, 0.5) is 0 Å². The number of hydrogen-bond acceptors (Lipinski definition) is 2. The molecule has 0 aromatic heterocycles. The Kier molecular flexibility index (Phi) is 5.15. The van der Waals surface area contributed by atoms with Crippen molar-refractivity contribution in [3.63, 3.8) is 0 Å². The van der Waals surface area contributed by atoms with E-state index in [2.05, 4.69) is 48.1 Å². The second kappa shape index (κ2) is 7.11. The Labute approximate surface area is 201 Å². The van der Waals surface area contributed by atoms with Crippen molar-refractivity contribution in [2.75, 3.05) is 0 Å². The Morgan fingerprint density at radius 3 is 2.15 bits per heavy atom. The summed E-state index contributed by atoms with van der Waals surface area (Å²) >= 11 is 0. The first-order valence-electron chi connectivity index (χ1n) is 13.8. The largest absolute Gasteiger partial charge is 0.481 e. The van der Waals surface area contributed by atoms with Crippen molar-refractivity contribution in [2.45, 2.75) is 112 Å². The number of aliphatic hydroxyl groups excluding tert-OH is 1. The van der Waals surface area contributed by atoms with Gasteiger partial charge in [-0.05, 0) is 122 Å². The van der Waals surface area contributed by atoms with Gasteiger partial charge in [0.05, 0.1) is 11.5 Å². The highest BCUT2D eigenvalue weighted by atomic mass is 16.4. The van der Waals surface area contributed by atoms with Crippen molar-refractivity contribution in [3.8, 4) is 0 Å². The van der Waals surface area contributed by atoms with Crippen LogP contribution in [0.2, 0.25) is 0 Å². The molecule has 5 aliphatic rings. The van der Waals surface area contributed by atoms with Crippen molar-refractivity contribution >= 4 is 5.97 Å². The number of aliphatic hydroxyl groups is 1. The van der Waals surface area contributed by atoms with Crippen LogP contribution in [0.15, 0.2) is 12.2 Å². The molecule has 0 aromatic rings. The molecule has 3 heteroatoms. The average molecular weight is 457 g/mol. The molecule has 186 valence electrons. The normalized spacial score (nSPS) is 55.0. The van der Waals surface area contributed by atoms with Gasteiger partial charge in [0.1, 0.15) is 0 Å². The van der Waals surface area contributed by atoms with Crippen molar-refractivity contribution in [1.82, 2.24) is 0 Å². The summed E-state index contributed by atoms with van der Waals surface area (Å²) in [6, 6.07) is 0. The molecular weight excluding hydrogens is 408 g/mol. The van der Waals surface area contributed by atoms with Gasteiger partial charge in [-0.15, -0.1) is 0 Å². The molecule has 33 heavy (non-hydrogen) atoms. The van der Waals surface area contributed by atoms with E-state index in [4.69, 9.17) is 0 Å². The van der Waals surface area contributed by atoms with Crippen molar-refractivity contribution in [3.05, 3.63) is 12.2 Å². The minimum absolute atomic E-state index is 0.0202. The number of aliphatic carboxylic acids is 1. The van der Waals surface area contributed by atoms with E-state index in [1.165, 1.54) is 31.3 Å². The van der Waals surface area contributed by atoms with E-state index in [0.717, 1.165) is 38.5 Å². The molecule has 0 unspecified atom stereocenters. The summed E-state index contributed by atoms with van der Waals surface area (Å²) in [6.07, 6.45) is 10.5. The number of allylic oxidation sites excluding steroid dienone is 1. The van der Waals surface area contributed by atoms with Gasteiger partial charge in [0, 0.05) is 0 Å². The fourth-order valence-corrected chi connectivity index (χ4v) is 11.5. The lowest BCUT2D eigenvalue weighted by atomic mass is 9.32. The van der Waals surface area contributed by atoms with E-state index in [1.54, 1.807) is 0 Å². The lowest BCUT2D eigenvalue weighted by Gasteiger charge is -2.72. The monoisotopic (exact) mass is 456 g/mol. The van der Waals surface area contributed by atoms with Crippen LogP contribution >= 0.6 is 0 Å². The van der Waals surface area contributed by atoms with Crippen LogP contribution in [0.3, 0.4) is 0 Å². The summed E-state index contributed by atoms with van der Waals surface area (Å²) in [5.74, 6) is 1.79. The van der Waals surface area contributed by atoms with E-state index in [1.807, 2.05) is 0 Å². The zero-order valence-electron chi connectivity index (χ0n) is 22.0. The predicted octanol–water partition coefficient (Wildman–Crippen LogP) is 7.09. The third-order valence-corrected chi connectivity index (χ3v) is 13.5. The van der Waals surface area contributed by atoms with Crippen molar-refractivity contribution < 1.29 is 15.0 Å². The third-order valence-electron chi connectivity index (χ3n) is 13.5. The van der Waals surface area contributed by atoms with E-state index in [-0.39, 0.29) is 33.7 Å². The number of rotatable bonds is 2. The summed E-state index contributed by atoms with van der Waals surface area (Å²) in [6.45, 7) is 18.8. The fraction of sp³-hybridized carbons (Fsp3) is 0.900. The molecule has 5 fully saturated rings. The minimum Gasteiger partial charge on any atom is -0.481 e. The number of hydrogen-bond donors (Lipinski definition) is 2. The third kappa shape index (κ3) is 2.75. The summed E-state index contributed by atoms with van der Waals surface area (Å²) in [7, 11) is 0. The van der Waals surface area contributed by atoms with E-state index >= 15 is 0 Å². The molecule has 0 spiro atoms. The quantitative estimate of drug-likeness (QED) is 0.436. The summed E-state index contributed by atoms with van der Waals surface area (Å²) < 4.78 is 0. The Bertz CT molecular complexity index is 861. The summed E-state index contributed by atoms with van der Waals surface area (Å²) in [5, 5.41) is 21.4. The zero-order valence-corrected chi connectivity index (χ0v) is 22.0. The first-order valence-corrected chi connectivity index (χ1v) is 13.8. The molecule has 5 aliphatic carbocycles.